The number of aromatic nitrogens is 3. The Kier molecular flexibility index (Phi) is 3.19. The second kappa shape index (κ2) is 4.79. The van der Waals surface area contributed by atoms with E-state index >= 15 is 0 Å². The summed E-state index contributed by atoms with van der Waals surface area (Å²) in [7, 11) is 0. The first-order valence-electron chi connectivity index (χ1n) is 5.42. The summed E-state index contributed by atoms with van der Waals surface area (Å²) in [6.45, 7) is 5.12. The van der Waals surface area contributed by atoms with E-state index in [1.54, 1.807) is 6.33 Å². The van der Waals surface area contributed by atoms with Crippen LogP contribution in [0.15, 0.2) is 36.9 Å². The molecule has 2 rings (SSSR count). The molecule has 4 nitrogen and oxygen atoms in total. The van der Waals surface area contributed by atoms with Gasteiger partial charge in [0.15, 0.2) is 0 Å². The fourth-order valence-electron chi connectivity index (χ4n) is 1.61. The van der Waals surface area contributed by atoms with Gasteiger partial charge in [0.05, 0.1) is 18.6 Å². The van der Waals surface area contributed by atoms with Gasteiger partial charge in [0.1, 0.15) is 5.82 Å². The molecular weight excluding hydrogens is 200 g/mol. The predicted molar refractivity (Wildman–Crippen MR) is 64.1 cm³/mol. The van der Waals surface area contributed by atoms with Crippen molar-refractivity contribution in [3.8, 4) is 0 Å². The number of pyridine rings is 1. The highest BCUT2D eigenvalue weighted by molar-refractivity contribution is 5.39. The molecule has 0 spiro atoms. The zero-order valence-electron chi connectivity index (χ0n) is 9.59. The number of hydrogen-bond donors (Lipinski definition) is 1. The molecule has 0 saturated heterocycles. The van der Waals surface area contributed by atoms with Crippen molar-refractivity contribution in [1.82, 2.24) is 15.0 Å². The molecule has 0 aliphatic heterocycles. The van der Waals surface area contributed by atoms with E-state index in [4.69, 9.17) is 0 Å². The molecule has 84 valence electrons. The zero-order chi connectivity index (χ0) is 11.4. The Hall–Kier alpha value is -1.84. The van der Waals surface area contributed by atoms with Gasteiger partial charge >= 0.3 is 0 Å². The van der Waals surface area contributed by atoms with Crippen molar-refractivity contribution < 1.29 is 0 Å². The van der Waals surface area contributed by atoms with Gasteiger partial charge in [-0.25, -0.2) is 9.97 Å². The van der Waals surface area contributed by atoms with Gasteiger partial charge in [-0.3, -0.25) is 0 Å². The third kappa shape index (κ3) is 2.39. The summed E-state index contributed by atoms with van der Waals surface area (Å²) in [5, 5.41) is 0. The molecule has 0 amide bonds. The van der Waals surface area contributed by atoms with Crippen molar-refractivity contribution in [2.45, 2.75) is 26.4 Å². The van der Waals surface area contributed by atoms with Crippen molar-refractivity contribution >= 4 is 5.82 Å². The minimum absolute atomic E-state index is 0.401. The highest BCUT2D eigenvalue weighted by Gasteiger charge is 2.12. The molecule has 0 bridgehead atoms. The molecule has 0 atom stereocenters. The van der Waals surface area contributed by atoms with Crippen molar-refractivity contribution in [2.75, 3.05) is 4.90 Å². The minimum Gasteiger partial charge on any atom is -0.348 e. The van der Waals surface area contributed by atoms with Crippen LogP contribution in [0.1, 0.15) is 19.5 Å². The summed E-state index contributed by atoms with van der Waals surface area (Å²) >= 11 is 0. The lowest BCUT2D eigenvalue weighted by Gasteiger charge is -2.27. The number of nitrogens with one attached hydrogen (secondary N) is 1. The van der Waals surface area contributed by atoms with Crippen LogP contribution < -0.4 is 4.90 Å². The maximum atomic E-state index is 4.37. The third-order valence-electron chi connectivity index (χ3n) is 2.46. The molecule has 4 heteroatoms. The lowest BCUT2D eigenvalue weighted by Crippen LogP contribution is -2.30. The first-order valence-corrected chi connectivity index (χ1v) is 5.42. The van der Waals surface area contributed by atoms with E-state index in [0.717, 1.165) is 18.1 Å². The number of anilines is 1. The van der Waals surface area contributed by atoms with E-state index in [1.807, 2.05) is 30.6 Å². The Labute approximate surface area is 95.4 Å². The van der Waals surface area contributed by atoms with Gasteiger partial charge in [0.2, 0.25) is 0 Å². The number of hydrogen-bond acceptors (Lipinski definition) is 3. The largest absolute Gasteiger partial charge is 0.348 e. The van der Waals surface area contributed by atoms with Crippen LogP contribution in [0.25, 0.3) is 0 Å². The Morgan fingerprint density at radius 2 is 2.25 bits per heavy atom. The van der Waals surface area contributed by atoms with Gasteiger partial charge in [-0.2, -0.15) is 0 Å². The molecule has 16 heavy (non-hydrogen) atoms. The van der Waals surface area contributed by atoms with Crippen LogP contribution in [0.4, 0.5) is 5.82 Å². The number of H-pyrrole nitrogens is 1. The fourth-order valence-corrected chi connectivity index (χ4v) is 1.61. The smallest absolute Gasteiger partial charge is 0.129 e. The van der Waals surface area contributed by atoms with Crippen molar-refractivity contribution in [1.29, 1.82) is 0 Å². The summed E-state index contributed by atoms with van der Waals surface area (Å²) in [4.78, 5) is 13.7. The van der Waals surface area contributed by atoms with E-state index in [0.29, 0.717) is 6.04 Å². The number of aromatic amines is 1. The lowest BCUT2D eigenvalue weighted by molar-refractivity contribution is 0.666. The molecule has 2 heterocycles. The van der Waals surface area contributed by atoms with Crippen LogP contribution in [0.2, 0.25) is 0 Å². The average Bonchev–Trinajstić information content (AvgIpc) is 2.79. The molecular formula is C12H16N4. The molecule has 2 aromatic heterocycles. The summed E-state index contributed by atoms with van der Waals surface area (Å²) < 4.78 is 0. The van der Waals surface area contributed by atoms with Crippen molar-refractivity contribution in [3.63, 3.8) is 0 Å². The lowest BCUT2D eigenvalue weighted by atomic mass is 10.3. The Balaban J connectivity index is 2.18. The number of imidazole rings is 1. The zero-order valence-corrected chi connectivity index (χ0v) is 9.59. The maximum Gasteiger partial charge on any atom is 0.129 e. The van der Waals surface area contributed by atoms with Crippen LogP contribution in [0.3, 0.4) is 0 Å². The number of rotatable bonds is 4. The van der Waals surface area contributed by atoms with Crippen LogP contribution in [0, 0.1) is 0 Å². The maximum absolute atomic E-state index is 4.37. The predicted octanol–water partition coefficient (Wildman–Crippen LogP) is 2.22. The van der Waals surface area contributed by atoms with Gasteiger partial charge in [0.25, 0.3) is 0 Å². The van der Waals surface area contributed by atoms with Crippen LogP contribution in [-0.4, -0.2) is 21.0 Å². The van der Waals surface area contributed by atoms with Crippen molar-refractivity contribution in [2.24, 2.45) is 0 Å². The van der Waals surface area contributed by atoms with Gasteiger partial charge in [-0.15, -0.1) is 0 Å². The van der Waals surface area contributed by atoms with E-state index < -0.39 is 0 Å². The van der Waals surface area contributed by atoms with Crippen LogP contribution in [-0.2, 0) is 6.54 Å². The first kappa shape index (κ1) is 10.7. The second-order valence-electron chi connectivity index (χ2n) is 3.99. The van der Waals surface area contributed by atoms with Gasteiger partial charge in [-0.1, -0.05) is 6.07 Å². The van der Waals surface area contributed by atoms with E-state index in [9.17, 15) is 0 Å². The summed E-state index contributed by atoms with van der Waals surface area (Å²) in [6, 6.07) is 6.36. The first-order chi connectivity index (χ1) is 7.77. The van der Waals surface area contributed by atoms with Gasteiger partial charge in [-0.05, 0) is 26.0 Å². The molecule has 0 saturated carbocycles. The van der Waals surface area contributed by atoms with Gasteiger partial charge in [0, 0.05) is 18.4 Å². The molecule has 1 N–H and O–H groups in total. The molecule has 0 radical (unpaired) electrons. The summed E-state index contributed by atoms with van der Waals surface area (Å²) in [6.07, 6.45) is 5.36. The third-order valence-corrected chi connectivity index (χ3v) is 2.46. The van der Waals surface area contributed by atoms with E-state index in [1.165, 1.54) is 0 Å². The standard InChI is InChI=1S/C12H16N4/c1-10(2)16(8-11-7-13-9-15-11)12-5-3-4-6-14-12/h3-7,9-10H,8H2,1-2H3,(H,13,15). The van der Waals surface area contributed by atoms with E-state index in [-0.39, 0.29) is 0 Å². The molecule has 0 unspecified atom stereocenters. The molecule has 0 aromatic carbocycles. The molecule has 2 aromatic rings. The normalized spacial score (nSPS) is 10.7. The summed E-state index contributed by atoms with van der Waals surface area (Å²) in [5.41, 5.74) is 1.10. The molecule has 0 fully saturated rings. The van der Waals surface area contributed by atoms with Crippen LogP contribution in [0.5, 0.6) is 0 Å². The topological polar surface area (TPSA) is 44.8 Å². The number of nitrogens with zero attached hydrogens (tertiary/aromatic N) is 3. The Bertz CT molecular complexity index is 408. The van der Waals surface area contributed by atoms with Gasteiger partial charge < -0.3 is 9.88 Å². The van der Waals surface area contributed by atoms with Crippen molar-refractivity contribution in [3.05, 3.63) is 42.6 Å². The quantitative estimate of drug-likeness (QED) is 0.852. The highest BCUT2D eigenvalue weighted by Crippen LogP contribution is 2.15. The molecule has 0 aliphatic carbocycles. The Morgan fingerprint density at radius 3 is 2.81 bits per heavy atom. The minimum atomic E-state index is 0.401. The highest BCUT2D eigenvalue weighted by atomic mass is 15.2. The second-order valence-corrected chi connectivity index (χ2v) is 3.99. The average molecular weight is 216 g/mol. The monoisotopic (exact) mass is 216 g/mol. The van der Waals surface area contributed by atoms with E-state index in [2.05, 4.69) is 33.7 Å². The fraction of sp³-hybridized carbons (Fsp3) is 0.333. The summed E-state index contributed by atoms with van der Waals surface area (Å²) in [5.74, 6) is 0.993. The SMILES string of the molecule is CC(C)N(Cc1cnc[nH]1)c1ccccn1. The van der Waals surface area contributed by atoms with Crippen LogP contribution >= 0.6 is 0 Å². The molecule has 0 aliphatic rings. The Morgan fingerprint density at radius 1 is 1.38 bits per heavy atom.